The van der Waals surface area contributed by atoms with Gasteiger partial charge >= 0.3 is 0 Å². The van der Waals surface area contributed by atoms with Gasteiger partial charge in [0.05, 0.1) is 4.90 Å². The summed E-state index contributed by atoms with van der Waals surface area (Å²) in [7, 11) is -3.59. The third kappa shape index (κ3) is 4.42. The van der Waals surface area contributed by atoms with Crippen LogP contribution in [0.25, 0.3) is 0 Å². The Labute approximate surface area is 154 Å². The molecule has 1 atom stereocenters. The lowest BCUT2D eigenvalue weighted by molar-refractivity contribution is -0.114. The molecule has 26 heavy (non-hydrogen) atoms. The maximum Gasteiger partial charge on any atom is 0.240 e. The number of carbonyl (C=O) groups excluding carboxylic acids is 1. The molecule has 0 aromatic heterocycles. The summed E-state index contributed by atoms with van der Waals surface area (Å²) < 4.78 is 27.8. The molecule has 138 valence electrons. The number of nitrogens with zero attached hydrogens (tertiary/aromatic N) is 1. The normalized spacial score (nSPS) is 17.3. The summed E-state index contributed by atoms with van der Waals surface area (Å²) in [6.45, 7) is 2.71. The van der Waals surface area contributed by atoms with Crippen molar-refractivity contribution in [3.8, 4) is 0 Å². The van der Waals surface area contributed by atoms with E-state index < -0.39 is 10.0 Å². The molecular formula is C19H23N3O3S. The van der Waals surface area contributed by atoms with Gasteiger partial charge in [-0.25, -0.2) is 13.1 Å². The van der Waals surface area contributed by atoms with Crippen molar-refractivity contribution in [1.29, 1.82) is 0 Å². The van der Waals surface area contributed by atoms with Crippen LogP contribution in [-0.4, -0.2) is 33.5 Å². The number of amides is 1. The number of sulfonamides is 1. The largest absolute Gasteiger partial charge is 0.367 e. The zero-order valence-corrected chi connectivity index (χ0v) is 15.5. The maximum absolute atomic E-state index is 12.5. The molecule has 1 aliphatic rings. The molecule has 2 aromatic carbocycles. The molecule has 1 fully saturated rings. The average molecular weight is 373 g/mol. The number of nitrogens with one attached hydrogen (secondary N) is 2. The molecule has 1 heterocycles. The Hall–Kier alpha value is -2.38. The highest BCUT2D eigenvalue weighted by Crippen LogP contribution is 2.25. The molecule has 1 amide bonds. The molecule has 1 aliphatic heterocycles. The van der Waals surface area contributed by atoms with E-state index in [1.165, 1.54) is 19.1 Å². The number of benzene rings is 2. The molecule has 2 aromatic rings. The van der Waals surface area contributed by atoms with Gasteiger partial charge in [-0.15, -0.1) is 0 Å². The third-order valence-electron chi connectivity index (χ3n) is 4.46. The van der Waals surface area contributed by atoms with Crippen LogP contribution in [-0.2, 0) is 14.8 Å². The van der Waals surface area contributed by atoms with Gasteiger partial charge < -0.3 is 10.2 Å². The van der Waals surface area contributed by atoms with Gasteiger partial charge in [-0.3, -0.25) is 4.79 Å². The summed E-state index contributed by atoms with van der Waals surface area (Å²) in [5.74, 6) is -0.194. The van der Waals surface area contributed by atoms with Gasteiger partial charge in [0, 0.05) is 37.4 Å². The van der Waals surface area contributed by atoms with E-state index in [0.29, 0.717) is 12.2 Å². The number of carbonyl (C=O) groups is 1. The smallest absolute Gasteiger partial charge is 0.240 e. The summed E-state index contributed by atoms with van der Waals surface area (Å²) in [5.41, 5.74) is 1.69. The quantitative estimate of drug-likeness (QED) is 0.816. The van der Waals surface area contributed by atoms with Crippen LogP contribution in [0.4, 0.5) is 11.4 Å². The summed E-state index contributed by atoms with van der Waals surface area (Å²) >= 11 is 0. The van der Waals surface area contributed by atoms with Gasteiger partial charge in [0.2, 0.25) is 15.9 Å². The van der Waals surface area contributed by atoms with Crippen molar-refractivity contribution in [3.63, 3.8) is 0 Å². The summed E-state index contributed by atoms with van der Waals surface area (Å²) in [4.78, 5) is 13.5. The Morgan fingerprint density at radius 3 is 2.46 bits per heavy atom. The highest BCUT2D eigenvalue weighted by Gasteiger charge is 2.26. The van der Waals surface area contributed by atoms with Crippen molar-refractivity contribution in [1.82, 2.24) is 4.72 Å². The Morgan fingerprint density at radius 2 is 1.81 bits per heavy atom. The molecule has 7 heteroatoms. The second-order valence-corrected chi connectivity index (χ2v) is 8.15. The van der Waals surface area contributed by atoms with Gasteiger partial charge in [-0.05, 0) is 49.2 Å². The predicted octanol–water partition coefficient (Wildman–Crippen LogP) is 2.59. The molecule has 0 bridgehead atoms. The second-order valence-electron chi connectivity index (χ2n) is 6.38. The van der Waals surface area contributed by atoms with Gasteiger partial charge in [0.25, 0.3) is 0 Å². The van der Waals surface area contributed by atoms with Crippen molar-refractivity contribution in [2.45, 2.75) is 30.7 Å². The molecule has 6 nitrogen and oxygen atoms in total. The Morgan fingerprint density at radius 1 is 1.12 bits per heavy atom. The van der Waals surface area contributed by atoms with Gasteiger partial charge in [-0.1, -0.05) is 18.2 Å². The number of para-hydroxylation sites is 1. The maximum atomic E-state index is 12.5. The molecule has 0 saturated carbocycles. The lowest BCUT2D eigenvalue weighted by Crippen LogP contribution is -2.40. The van der Waals surface area contributed by atoms with E-state index in [-0.39, 0.29) is 16.8 Å². The lowest BCUT2D eigenvalue weighted by Gasteiger charge is -2.27. The molecular weight excluding hydrogens is 350 g/mol. The van der Waals surface area contributed by atoms with E-state index in [9.17, 15) is 13.2 Å². The predicted molar refractivity (Wildman–Crippen MR) is 103 cm³/mol. The van der Waals surface area contributed by atoms with E-state index in [2.05, 4.69) is 14.9 Å². The van der Waals surface area contributed by atoms with Crippen molar-refractivity contribution < 1.29 is 13.2 Å². The van der Waals surface area contributed by atoms with Gasteiger partial charge in [-0.2, -0.15) is 0 Å². The van der Waals surface area contributed by atoms with E-state index in [1.807, 2.05) is 30.3 Å². The zero-order chi connectivity index (χ0) is 18.6. The van der Waals surface area contributed by atoms with E-state index in [1.54, 1.807) is 12.1 Å². The van der Waals surface area contributed by atoms with Crippen molar-refractivity contribution in [3.05, 3.63) is 54.6 Å². The minimum Gasteiger partial charge on any atom is -0.367 e. The van der Waals surface area contributed by atoms with Crippen LogP contribution < -0.4 is 14.9 Å². The molecule has 1 unspecified atom stereocenters. The molecule has 3 rings (SSSR count). The highest BCUT2D eigenvalue weighted by atomic mass is 32.2. The molecule has 1 saturated heterocycles. The number of hydrogen-bond donors (Lipinski definition) is 2. The summed E-state index contributed by atoms with van der Waals surface area (Å²) in [6.07, 6.45) is 2.01. The van der Waals surface area contributed by atoms with Crippen LogP contribution in [0.2, 0.25) is 0 Å². The first kappa shape index (κ1) is 18.4. The highest BCUT2D eigenvalue weighted by molar-refractivity contribution is 7.89. The average Bonchev–Trinajstić information content (AvgIpc) is 3.09. The monoisotopic (exact) mass is 373 g/mol. The van der Waals surface area contributed by atoms with Crippen LogP contribution in [0.1, 0.15) is 19.8 Å². The van der Waals surface area contributed by atoms with Crippen LogP contribution in [0.5, 0.6) is 0 Å². The van der Waals surface area contributed by atoms with E-state index in [0.717, 1.165) is 25.1 Å². The first-order valence-electron chi connectivity index (χ1n) is 8.65. The number of hydrogen-bond acceptors (Lipinski definition) is 4. The van der Waals surface area contributed by atoms with E-state index in [4.69, 9.17) is 0 Å². The minimum absolute atomic E-state index is 0.144. The summed E-state index contributed by atoms with van der Waals surface area (Å²) in [6, 6.07) is 16.4. The Balaban J connectivity index is 1.65. The zero-order valence-electron chi connectivity index (χ0n) is 14.7. The SMILES string of the molecule is CC(=O)Nc1ccc(S(=O)(=O)NCC2CCCN2c2ccccc2)cc1. The Kier molecular flexibility index (Phi) is 5.58. The van der Waals surface area contributed by atoms with Crippen molar-refractivity contribution >= 4 is 27.3 Å². The van der Waals surface area contributed by atoms with Crippen LogP contribution in [0, 0.1) is 0 Å². The lowest BCUT2D eigenvalue weighted by atomic mass is 10.2. The third-order valence-corrected chi connectivity index (χ3v) is 5.90. The topological polar surface area (TPSA) is 78.5 Å². The fraction of sp³-hybridized carbons (Fsp3) is 0.316. The fourth-order valence-corrected chi connectivity index (χ4v) is 4.29. The van der Waals surface area contributed by atoms with Gasteiger partial charge in [0.15, 0.2) is 0 Å². The summed E-state index contributed by atoms with van der Waals surface area (Å²) in [5, 5.41) is 2.62. The Bertz CT molecular complexity index is 851. The van der Waals surface area contributed by atoms with Crippen LogP contribution in [0.15, 0.2) is 59.5 Å². The molecule has 2 N–H and O–H groups in total. The molecule has 0 spiro atoms. The molecule has 0 aliphatic carbocycles. The second kappa shape index (κ2) is 7.88. The number of anilines is 2. The molecule has 0 radical (unpaired) electrons. The van der Waals surface area contributed by atoms with Crippen LogP contribution >= 0.6 is 0 Å². The first-order chi connectivity index (χ1) is 12.5. The van der Waals surface area contributed by atoms with Crippen molar-refractivity contribution in [2.75, 3.05) is 23.3 Å². The number of rotatable bonds is 6. The van der Waals surface area contributed by atoms with Crippen molar-refractivity contribution in [2.24, 2.45) is 0 Å². The van der Waals surface area contributed by atoms with E-state index >= 15 is 0 Å². The first-order valence-corrected chi connectivity index (χ1v) is 10.1. The fourth-order valence-electron chi connectivity index (χ4n) is 3.22. The minimum atomic E-state index is -3.59. The van der Waals surface area contributed by atoms with Crippen LogP contribution in [0.3, 0.4) is 0 Å². The van der Waals surface area contributed by atoms with Gasteiger partial charge in [0.1, 0.15) is 0 Å². The standard InChI is InChI=1S/C19H23N3O3S/c1-15(23)21-16-9-11-19(12-10-16)26(24,25)20-14-18-8-5-13-22(18)17-6-3-2-4-7-17/h2-4,6-7,9-12,18,20H,5,8,13-14H2,1H3,(H,21,23).